The van der Waals surface area contributed by atoms with Gasteiger partial charge in [-0.05, 0) is 32.6 Å². The van der Waals surface area contributed by atoms with Crippen LogP contribution < -0.4 is 10.4 Å². The SMILES string of the molecule is CC(=O)[O-].CC/C=C\C/C=C\CCC(O)CNC(=O)CCC[N+](C)(C)C. The molecule has 2 N–H and O–H groups in total. The lowest BCUT2D eigenvalue weighted by atomic mass is 10.1. The molecule has 0 saturated carbocycles. The van der Waals surface area contributed by atoms with Crippen LogP contribution in [0.2, 0.25) is 0 Å². The second kappa shape index (κ2) is 16.8. The van der Waals surface area contributed by atoms with E-state index in [1.54, 1.807) is 0 Å². The Bertz CT molecular complexity index is 422. The third-order valence-corrected chi connectivity index (χ3v) is 3.28. The van der Waals surface area contributed by atoms with Gasteiger partial charge in [-0.15, -0.1) is 0 Å². The number of allylic oxidation sites excluding steroid dienone is 4. The first-order chi connectivity index (χ1) is 12.1. The number of carboxylic acids is 1. The van der Waals surface area contributed by atoms with Gasteiger partial charge in [0.2, 0.25) is 5.91 Å². The van der Waals surface area contributed by atoms with E-state index in [9.17, 15) is 9.90 Å². The van der Waals surface area contributed by atoms with Crippen LogP contribution in [0.1, 0.15) is 52.4 Å². The van der Waals surface area contributed by atoms with Crippen molar-refractivity contribution in [1.82, 2.24) is 5.32 Å². The molecular weight excluding hydrogens is 332 g/mol. The topological polar surface area (TPSA) is 89.5 Å². The van der Waals surface area contributed by atoms with Gasteiger partial charge >= 0.3 is 0 Å². The maximum atomic E-state index is 11.7. The molecule has 6 heteroatoms. The summed E-state index contributed by atoms with van der Waals surface area (Å²) in [4.78, 5) is 20.5. The molecule has 0 bridgehead atoms. The molecule has 0 fully saturated rings. The summed E-state index contributed by atoms with van der Waals surface area (Å²) in [5.74, 6) is -1.05. The summed E-state index contributed by atoms with van der Waals surface area (Å²) in [5.41, 5.74) is 0. The van der Waals surface area contributed by atoms with Gasteiger partial charge in [0.05, 0.1) is 33.8 Å². The van der Waals surface area contributed by atoms with Crippen LogP contribution in [-0.4, -0.2) is 61.8 Å². The lowest BCUT2D eigenvalue weighted by molar-refractivity contribution is -0.870. The molecule has 0 aromatic heterocycles. The second-order valence-electron chi connectivity index (χ2n) is 7.23. The summed E-state index contributed by atoms with van der Waals surface area (Å²) < 4.78 is 0.871. The van der Waals surface area contributed by atoms with E-state index in [2.05, 4.69) is 57.7 Å². The second-order valence-corrected chi connectivity index (χ2v) is 7.23. The molecule has 0 aliphatic heterocycles. The van der Waals surface area contributed by atoms with Gasteiger partial charge in [0.15, 0.2) is 0 Å². The number of rotatable bonds is 12. The fraction of sp³-hybridized carbons (Fsp3) is 0.700. The molecule has 6 nitrogen and oxygen atoms in total. The highest BCUT2D eigenvalue weighted by atomic mass is 16.4. The Balaban J connectivity index is 0. The van der Waals surface area contributed by atoms with E-state index in [0.29, 0.717) is 19.4 Å². The van der Waals surface area contributed by atoms with Crippen LogP contribution in [0.3, 0.4) is 0 Å². The van der Waals surface area contributed by atoms with Crippen LogP contribution >= 0.6 is 0 Å². The van der Waals surface area contributed by atoms with Gasteiger partial charge in [-0.1, -0.05) is 31.2 Å². The average molecular weight is 371 g/mol. The van der Waals surface area contributed by atoms with Crippen molar-refractivity contribution >= 4 is 11.9 Å². The molecule has 26 heavy (non-hydrogen) atoms. The number of nitrogens with zero attached hydrogens (tertiary/aromatic N) is 1. The molecule has 0 heterocycles. The Labute approximate surface area is 159 Å². The highest BCUT2D eigenvalue weighted by molar-refractivity contribution is 5.75. The molecule has 0 aromatic carbocycles. The van der Waals surface area contributed by atoms with Crippen molar-refractivity contribution in [3.63, 3.8) is 0 Å². The van der Waals surface area contributed by atoms with Crippen LogP contribution in [0, 0.1) is 0 Å². The standard InChI is InChI=1S/C18H34N2O2.C2H4O2/c1-5-6-7-8-9-10-11-13-17(21)16-19-18(22)14-12-15-20(2,3)4;1-2(3)4/h6-7,9-10,17,21H,5,8,11-16H2,1-4H3;1H3,(H,3,4)/b7-6-,10-9-;. The number of aliphatic carboxylic acids is 1. The van der Waals surface area contributed by atoms with Crippen LogP contribution in [0.4, 0.5) is 0 Å². The molecule has 152 valence electrons. The molecule has 0 aliphatic carbocycles. The van der Waals surface area contributed by atoms with E-state index in [-0.39, 0.29) is 5.91 Å². The number of carbonyl (C=O) groups is 2. The Hall–Kier alpha value is -1.66. The van der Waals surface area contributed by atoms with Crippen molar-refractivity contribution in [2.24, 2.45) is 0 Å². The minimum Gasteiger partial charge on any atom is -0.550 e. The first-order valence-corrected chi connectivity index (χ1v) is 9.31. The number of hydrogen-bond acceptors (Lipinski definition) is 4. The largest absolute Gasteiger partial charge is 0.550 e. The smallest absolute Gasteiger partial charge is 0.220 e. The van der Waals surface area contributed by atoms with E-state index in [0.717, 1.165) is 43.6 Å². The summed E-state index contributed by atoms with van der Waals surface area (Å²) in [7, 11) is 6.35. The molecule has 0 saturated heterocycles. The molecule has 1 unspecified atom stereocenters. The van der Waals surface area contributed by atoms with Crippen LogP contribution in [0.5, 0.6) is 0 Å². The van der Waals surface area contributed by atoms with Crippen molar-refractivity contribution in [3.05, 3.63) is 24.3 Å². The Kier molecular flexibility index (Phi) is 17.2. The quantitative estimate of drug-likeness (QED) is 0.401. The van der Waals surface area contributed by atoms with Crippen molar-refractivity contribution in [2.75, 3.05) is 34.2 Å². The van der Waals surface area contributed by atoms with Crippen LogP contribution in [-0.2, 0) is 9.59 Å². The molecule has 0 rings (SSSR count). The zero-order chi connectivity index (χ0) is 20.4. The van der Waals surface area contributed by atoms with Crippen molar-refractivity contribution in [1.29, 1.82) is 0 Å². The summed E-state index contributed by atoms with van der Waals surface area (Å²) in [5, 5.41) is 21.5. The Morgan fingerprint density at radius 2 is 1.73 bits per heavy atom. The maximum absolute atomic E-state index is 11.7. The van der Waals surface area contributed by atoms with Gasteiger partial charge in [0.25, 0.3) is 0 Å². The van der Waals surface area contributed by atoms with Crippen molar-refractivity contribution in [2.45, 2.75) is 58.5 Å². The zero-order valence-electron chi connectivity index (χ0n) is 17.2. The molecule has 1 amide bonds. The molecule has 0 aliphatic rings. The van der Waals surface area contributed by atoms with E-state index in [1.807, 2.05) is 0 Å². The first kappa shape index (κ1) is 26.6. The van der Waals surface area contributed by atoms with Crippen LogP contribution in [0.15, 0.2) is 24.3 Å². The number of nitrogens with one attached hydrogen (secondary N) is 1. The van der Waals surface area contributed by atoms with E-state index >= 15 is 0 Å². The maximum Gasteiger partial charge on any atom is 0.220 e. The summed E-state index contributed by atoms with van der Waals surface area (Å²) in [6, 6.07) is 0. The number of aliphatic hydroxyl groups is 1. The predicted octanol–water partition coefficient (Wildman–Crippen LogP) is 1.40. The number of aliphatic hydroxyl groups excluding tert-OH is 1. The highest BCUT2D eigenvalue weighted by Gasteiger charge is 2.10. The highest BCUT2D eigenvalue weighted by Crippen LogP contribution is 2.00. The van der Waals surface area contributed by atoms with Gasteiger partial charge in [0.1, 0.15) is 0 Å². The Morgan fingerprint density at radius 3 is 2.27 bits per heavy atom. The average Bonchev–Trinajstić information content (AvgIpc) is 2.50. The van der Waals surface area contributed by atoms with Crippen LogP contribution in [0.25, 0.3) is 0 Å². The van der Waals surface area contributed by atoms with Gasteiger partial charge < -0.3 is 24.8 Å². The molecule has 1 atom stereocenters. The van der Waals surface area contributed by atoms with Gasteiger partial charge in [-0.2, -0.15) is 0 Å². The number of carbonyl (C=O) groups excluding carboxylic acids is 2. The van der Waals surface area contributed by atoms with E-state index < -0.39 is 12.1 Å². The summed E-state index contributed by atoms with van der Waals surface area (Å²) in [6.45, 7) is 4.42. The predicted molar refractivity (Wildman–Crippen MR) is 104 cm³/mol. The monoisotopic (exact) mass is 370 g/mol. The van der Waals surface area contributed by atoms with Crippen molar-refractivity contribution in [3.8, 4) is 0 Å². The minimum atomic E-state index is -1.08. The van der Waals surface area contributed by atoms with Gasteiger partial charge in [0, 0.05) is 25.4 Å². The lowest BCUT2D eigenvalue weighted by Crippen LogP contribution is -2.37. The number of hydrogen-bond donors (Lipinski definition) is 2. The molecule has 0 aromatic rings. The number of carboxylic acid groups (broad SMARTS) is 1. The number of amides is 1. The summed E-state index contributed by atoms with van der Waals surface area (Å²) in [6.07, 6.45) is 13.0. The fourth-order valence-electron chi connectivity index (χ4n) is 1.98. The Morgan fingerprint density at radius 1 is 1.15 bits per heavy atom. The summed E-state index contributed by atoms with van der Waals surface area (Å²) >= 11 is 0. The lowest BCUT2D eigenvalue weighted by Gasteiger charge is -2.23. The normalized spacial score (nSPS) is 12.7. The third-order valence-electron chi connectivity index (χ3n) is 3.28. The molecule has 0 spiro atoms. The zero-order valence-corrected chi connectivity index (χ0v) is 17.2. The fourth-order valence-corrected chi connectivity index (χ4v) is 1.98. The van der Waals surface area contributed by atoms with Gasteiger partial charge in [-0.3, -0.25) is 4.79 Å². The molecule has 0 radical (unpaired) electrons. The minimum absolute atomic E-state index is 0.0349. The van der Waals surface area contributed by atoms with Gasteiger partial charge in [-0.25, -0.2) is 0 Å². The number of quaternary nitrogens is 1. The van der Waals surface area contributed by atoms with Crippen molar-refractivity contribution < 1.29 is 24.3 Å². The first-order valence-electron chi connectivity index (χ1n) is 9.31. The van der Waals surface area contributed by atoms with E-state index in [4.69, 9.17) is 9.90 Å². The van der Waals surface area contributed by atoms with E-state index in [1.165, 1.54) is 0 Å². The molecular formula is C20H38N2O4. The third kappa shape index (κ3) is 27.2.